The monoisotopic (exact) mass is 229 g/mol. The topological polar surface area (TPSA) is 44.4 Å². The van der Waals surface area contributed by atoms with E-state index in [4.69, 9.17) is 0 Å². The number of carbonyl (C=O) groups excluding carboxylic acids is 1. The fourth-order valence-corrected chi connectivity index (χ4v) is 1.25. The Labute approximate surface area is 99.8 Å². The van der Waals surface area contributed by atoms with Gasteiger partial charge in [0.1, 0.15) is 0 Å². The van der Waals surface area contributed by atoms with Crippen LogP contribution in [0.25, 0.3) is 0 Å². The molecular weight excluding hydrogens is 202 g/mol. The van der Waals surface area contributed by atoms with Crippen LogP contribution in [-0.4, -0.2) is 51.1 Å². The molecule has 0 aliphatic rings. The van der Waals surface area contributed by atoms with Gasteiger partial charge in [0, 0.05) is 19.5 Å². The molecule has 0 radical (unpaired) electrons. The van der Waals surface area contributed by atoms with Crippen LogP contribution in [0.4, 0.5) is 0 Å². The van der Waals surface area contributed by atoms with E-state index in [0.717, 1.165) is 32.6 Å². The molecule has 0 saturated carbocycles. The summed E-state index contributed by atoms with van der Waals surface area (Å²) >= 11 is 0. The standard InChI is InChI=1S/C12H27N3O/c1-11(2)10-14-12(16)6-8-13-7-5-9-15(3)4/h11,13H,5-10H2,1-4H3,(H,14,16). The fourth-order valence-electron chi connectivity index (χ4n) is 1.25. The largest absolute Gasteiger partial charge is 0.356 e. The molecular formula is C12H27N3O. The summed E-state index contributed by atoms with van der Waals surface area (Å²) in [6.07, 6.45) is 1.70. The minimum atomic E-state index is 0.147. The summed E-state index contributed by atoms with van der Waals surface area (Å²) in [6.45, 7) is 7.82. The van der Waals surface area contributed by atoms with Gasteiger partial charge in [-0.2, -0.15) is 0 Å². The minimum absolute atomic E-state index is 0.147. The Bertz CT molecular complexity index is 181. The first-order valence-corrected chi connectivity index (χ1v) is 6.14. The molecule has 16 heavy (non-hydrogen) atoms. The highest BCUT2D eigenvalue weighted by Gasteiger charge is 2.01. The Balaban J connectivity index is 3.21. The molecule has 0 aliphatic carbocycles. The maximum atomic E-state index is 11.3. The molecule has 0 aliphatic heterocycles. The molecule has 0 saturated heterocycles. The van der Waals surface area contributed by atoms with Gasteiger partial charge in [0.25, 0.3) is 0 Å². The SMILES string of the molecule is CC(C)CNC(=O)CCNCCCN(C)C. The van der Waals surface area contributed by atoms with E-state index >= 15 is 0 Å². The van der Waals surface area contributed by atoms with E-state index in [2.05, 4.69) is 43.5 Å². The normalized spacial score (nSPS) is 11.1. The molecule has 1 amide bonds. The zero-order valence-electron chi connectivity index (χ0n) is 11.2. The molecule has 0 rings (SSSR count). The van der Waals surface area contributed by atoms with Crippen LogP contribution in [-0.2, 0) is 4.79 Å². The van der Waals surface area contributed by atoms with Crippen LogP contribution >= 0.6 is 0 Å². The van der Waals surface area contributed by atoms with E-state index in [-0.39, 0.29) is 5.91 Å². The lowest BCUT2D eigenvalue weighted by atomic mass is 10.2. The molecule has 0 atom stereocenters. The Morgan fingerprint density at radius 2 is 1.94 bits per heavy atom. The number of hydrogen-bond acceptors (Lipinski definition) is 3. The molecule has 2 N–H and O–H groups in total. The van der Waals surface area contributed by atoms with Crippen LogP contribution < -0.4 is 10.6 Å². The predicted molar refractivity (Wildman–Crippen MR) is 68.5 cm³/mol. The number of nitrogens with zero attached hydrogens (tertiary/aromatic N) is 1. The van der Waals surface area contributed by atoms with Gasteiger partial charge < -0.3 is 15.5 Å². The maximum Gasteiger partial charge on any atom is 0.221 e. The summed E-state index contributed by atoms with van der Waals surface area (Å²) in [6, 6.07) is 0. The summed E-state index contributed by atoms with van der Waals surface area (Å²) in [5.74, 6) is 0.672. The Morgan fingerprint density at radius 1 is 1.25 bits per heavy atom. The van der Waals surface area contributed by atoms with Crippen molar-refractivity contribution in [2.24, 2.45) is 5.92 Å². The highest BCUT2D eigenvalue weighted by atomic mass is 16.1. The zero-order chi connectivity index (χ0) is 12.4. The van der Waals surface area contributed by atoms with Crippen LogP contribution in [0.3, 0.4) is 0 Å². The fraction of sp³-hybridized carbons (Fsp3) is 0.917. The Hall–Kier alpha value is -0.610. The van der Waals surface area contributed by atoms with Crippen molar-refractivity contribution in [3.63, 3.8) is 0 Å². The van der Waals surface area contributed by atoms with Crippen molar-refractivity contribution in [2.45, 2.75) is 26.7 Å². The van der Waals surface area contributed by atoms with Crippen molar-refractivity contribution in [1.29, 1.82) is 0 Å². The van der Waals surface area contributed by atoms with Crippen molar-refractivity contribution in [3.05, 3.63) is 0 Å². The highest BCUT2D eigenvalue weighted by Crippen LogP contribution is 1.88. The minimum Gasteiger partial charge on any atom is -0.356 e. The van der Waals surface area contributed by atoms with E-state index in [1.807, 2.05) is 0 Å². The van der Waals surface area contributed by atoms with Crippen LogP contribution in [0.2, 0.25) is 0 Å². The first kappa shape index (κ1) is 15.4. The van der Waals surface area contributed by atoms with E-state index in [0.29, 0.717) is 12.3 Å². The van der Waals surface area contributed by atoms with Crippen molar-refractivity contribution in [1.82, 2.24) is 15.5 Å². The van der Waals surface area contributed by atoms with Crippen molar-refractivity contribution in [2.75, 3.05) is 40.3 Å². The first-order chi connectivity index (χ1) is 7.52. The van der Waals surface area contributed by atoms with Gasteiger partial charge in [-0.1, -0.05) is 13.8 Å². The maximum absolute atomic E-state index is 11.3. The average Bonchev–Trinajstić information content (AvgIpc) is 2.19. The number of carbonyl (C=O) groups is 1. The van der Waals surface area contributed by atoms with Crippen LogP contribution in [0.1, 0.15) is 26.7 Å². The van der Waals surface area contributed by atoms with Crippen molar-refractivity contribution in [3.8, 4) is 0 Å². The smallest absolute Gasteiger partial charge is 0.221 e. The second-order valence-corrected chi connectivity index (χ2v) is 4.85. The number of rotatable bonds is 9. The number of amides is 1. The second-order valence-electron chi connectivity index (χ2n) is 4.85. The van der Waals surface area contributed by atoms with Gasteiger partial charge in [-0.3, -0.25) is 4.79 Å². The third-order valence-electron chi connectivity index (χ3n) is 2.20. The molecule has 4 nitrogen and oxygen atoms in total. The first-order valence-electron chi connectivity index (χ1n) is 6.14. The van der Waals surface area contributed by atoms with E-state index in [9.17, 15) is 4.79 Å². The molecule has 96 valence electrons. The van der Waals surface area contributed by atoms with Gasteiger partial charge in [-0.05, 0) is 39.5 Å². The van der Waals surface area contributed by atoms with E-state index < -0.39 is 0 Å². The van der Waals surface area contributed by atoms with Gasteiger partial charge in [-0.25, -0.2) is 0 Å². The molecule has 0 aromatic carbocycles. The van der Waals surface area contributed by atoms with Crippen LogP contribution in [0, 0.1) is 5.92 Å². The summed E-state index contributed by atoms with van der Waals surface area (Å²) in [7, 11) is 4.14. The molecule has 0 aromatic heterocycles. The second kappa shape index (κ2) is 9.60. The molecule has 0 spiro atoms. The highest BCUT2D eigenvalue weighted by molar-refractivity contribution is 5.76. The molecule has 0 fully saturated rings. The van der Waals surface area contributed by atoms with Gasteiger partial charge in [0.05, 0.1) is 0 Å². The molecule has 0 aromatic rings. The van der Waals surface area contributed by atoms with Gasteiger partial charge >= 0.3 is 0 Å². The molecule has 0 unspecified atom stereocenters. The molecule has 0 bridgehead atoms. The Kier molecular flexibility index (Phi) is 9.24. The zero-order valence-corrected chi connectivity index (χ0v) is 11.2. The van der Waals surface area contributed by atoms with Crippen molar-refractivity contribution >= 4 is 5.91 Å². The lowest BCUT2D eigenvalue weighted by Gasteiger charge is -2.10. The lowest BCUT2D eigenvalue weighted by molar-refractivity contribution is -0.121. The van der Waals surface area contributed by atoms with Crippen LogP contribution in [0.15, 0.2) is 0 Å². The number of nitrogens with one attached hydrogen (secondary N) is 2. The number of hydrogen-bond donors (Lipinski definition) is 2. The van der Waals surface area contributed by atoms with Crippen molar-refractivity contribution < 1.29 is 4.79 Å². The van der Waals surface area contributed by atoms with Gasteiger partial charge in [0.2, 0.25) is 5.91 Å². The average molecular weight is 229 g/mol. The Morgan fingerprint density at radius 3 is 2.50 bits per heavy atom. The summed E-state index contributed by atoms with van der Waals surface area (Å²) in [5, 5.41) is 6.18. The lowest BCUT2D eigenvalue weighted by Crippen LogP contribution is -2.31. The van der Waals surface area contributed by atoms with Crippen LogP contribution in [0.5, 0.6) is 0 Å². The summed E-state index contributed by atoms with van der Waals surface area (Å²) < 4.78 is 0. The summed E-state index contributed by atoms with van der Waals surface area (Å²) in [5.41, 5.74) is 0. The third-order valence-corrected chi connectivity index (χ3v) is 2.20. The van der Waals surface area contributed by atoms with Gasteiger partial charge in [-0.15, -0.1) is 0 Å². The van der Waals surface area contributed by atoms with E-state index in [1.165, 1.54) is 0 Å². The third kappa shape index (κ3) is 11.5. The van der Waals surface area contributed by atoms with E-state index in [1.54, 1.807) is 0 Å². The quantitative estimate of drug-likeness (QED) is 0.572. The molecule has 4 heteroatoms. The molecule has 0 heterocycles. The predicted octanol–water partition coefficient (Wildman–Crippen LogP) is 0.690. The van der Waals surface area contributed by atoms with Gasteiger partial charge in [0.15, 0.2) is 0 Å². The summed E-state index contributed by atoms with van der Waals surface area (Å²) in [4.78, 5) is 13.5.